The molecule has 2 rings (SSSR count). The number of rotatable bonds is 6. The van der Waals surface area contributed by atoms with Gasteiger partial charge in [0, 0.05) is 11.4 Å². The molecular weight excluding hydrogens is 248 g/mol. The first-order valence-electron chi connectivity index (χ1n) is 6.97. The summed E-state index contributed by atoms with van der Waals surface area (Å²) in [4.78, 5) is 12.3. The van der Waals surface area contributed by atoms with Crippen LogP contribution in [0.25, 0.3) is 0 Å². The van der Waals surface area contributed by atoms with Crippen molar-refractivity contribution in [1.29, 1.82) is 0 Å². The van der Waals surface area contributed by atoms with E-state index in [2.05, 4.69) is 17.6 Å². The highest BCUT2D eigenvalue weighted by molar-refractivity contribution is 5.96. The van der Waals surface area contributed by atoms with Crippen LogP contribution in [0, 0.1) is 0 Å². The Kier molecular flexibility index (Phi) is 5.18. The van der Waals surface area contributed by atoms with Crippen molar-refractivity contribution in [3.8, 4) is 0 Å². The highest BCUT2D eigenvalue weighted by Crippen LogP contribution is 2.13. The molecule has 1 unspecified atom stereocenters. The van der Waals surface area contributed by atoms with Crippen LogP contribution in [0.1, 0.15) is 19.8 Å². The maximum Gasteiger partial charge on any atom is 0.246 e. The molecule has 3 heteroatoms. The number of hydrogen-bond donors (Lipinski definition) is 2. The molecule has 0 aliphatic heterocycles. The fourth-order valence-corrected chi connectivity index (χ4v) is 2.04. The number of amides is 1. The Morgan fingerprint density at radius 3 is 2.05 bits per heavy atom. The largest absolute Gasteiger partial charge is 0.374 e. The Bertz CT molecular complexity index is 525. The van der Waals surface area contributed by atoms with Gasteiger partial charge in [0.1, 0.15) is 6.04 Å². The Balaban J connectivity index is 2.02. The molecule has 104 valence electrons. The number of para-hydroxylation sites is 2. The minimum absolute atomic E-state index is 0.00176. The van der Waals surface area contributed by atoms with E-state index < -0.39 is 0 Å². The van der Waals surface area contributed by atoms with Gasteiger partial charge in [-0.25, -0.2) is 0 Å². The van der Waals surface area contributed by atoms with Gasteiger partial charge < -0.3 is 10.6 Å². The summed E-state index contributed by atoms with van der Waals surface area (Å²) in [6, 6.07) is 19.1. The second-order valence-electron chi connectivity index (χ2n) is 4.71. The third-order valence-corrected chi connectivity index (χ3v) is 3.05. The summed E-state index contributed by atoms with van der Waals surface area (Å²) in [5, 5.41) is 6.23. The summed E-state index contributed by atoms with van der Waals surface area (Å²) in [5.74, 6) is 0.00176. The third kappa shape index (κ3) is 4.12. The summed E-state index contributed by atoms with van der Waals surface area (Å²) in [7, 11) is 0. The molecule has 3 nitrogen and oxygen atoms in total. The average Bonchev–Trinajstić information content (AvgIpc) is 2.49. The fourth-order valence-electron chi connectivity index (χ4n) is 2.04. The van der Waals surface area contributed by atoms with Gasteiger partial charge in [-0.2, -0.15) is 0 Å². The zero-order valence-corrected chi connectivity index (χ0v) is 11.7. The molecule has 2 aromatic carbocycles. The standard InChI is InChI=1S/C17H20N2O/c1-2-9-16(18-14-10-5-3-6-11-14)17(20)19-15-12-7-4-8-13-15/h3-8,10-13,16,18H,2,9H2,1H3,(H,19,20). The Morgan fingerprint density at radius 2 is 1.50 bits per heavy atom. The summed E-state index contributed by atoms with van der Waals surface area (Å²) < 4.78 is 0. The topological polar surface area (TPSA) is 41.1 Å². The van der Waals surface area contributed by atoms with Crippen LogP contribution in [0.15, 0.2) is 60.7 Å². The molecule has 0 bridgehead atoms. The highest BCUT2D eigenvalue weighted by Gasteiger charge is 2.17. The Labute approximate surface area is 120 Å². The second kappa shape index (κ2) is 7.34. The summed E-state index contributed by atoms with van der Waals surface area (Å²) >= 11 is 0. The van der Waals surface area contributed by atoms with E-state index in [1.807, 2.05) is 60.7 Å². The van der Waals surface area contributed by atoms with Crippen LogP contribution < -0.4 is 10.6 Å². The number of anilines is 2. The van der Waals surface area contributed by atoms with Crippen LogP contribution in [-0.4, -0.2) is 11.9 Å². The first-order chi connectivity index (χ1) is 9.79. The molecule has 0 aliphatic rings. The predicted octanol–water partition coefficient (Wildman–Crippen LogP) is 3.91. The van der Waals surface area contributed by atoms with Gasteiger partial charge in [0.25, 0.3) is 0 Å². The molecule has 2 aromatic rings. The molecule has 20 heavy (non-hydrogen) atoms. The molecular formula is C17H20N2O. The van der Waals surface area contributed by atoms with Gasteiger partial charge in [-0.05, 0) is 30.7 Å². The number of benzene rings is 2. The molecule has 0 aromatic heterocycles. The first kappa shape index (κ1) is 14.1. The molecule has 2 N–H and O–H groups in total. The average molecular weight is 268 g/mol. The summed E-state index contributed by atoms with van der Waals surface area (Å²) in [6.45, 7) is 2.08. The predicted molar refractivity (Wildman–Crippen MR) is 83.8 cm³/mol. The molecule has 1 amide bonds. The van der Waals surface area contributed by atoms with E-state index >= 15 is 0 Å². The van der Waals surface area contributed by atoms with Crippen molar-refractivity contribution in [3.05, 3.63) is 60.7 Å². The van der Waals surface area contributed by atoms with E-state index in [9.17, 15) is 4.79 Å². The lowest BCUT2D eigenvalue weighted by atomic mass is 10.1. The van der Waals surface area contributed by atoms with Gasteiger partial charge >= 0.3 is 0 Å². The van der Waals surface area contributed by atoms with Crippen LogP contribution in [-0.2, 0) is 4.79 Å². The van der Waals surface area contributed by atoms with Gasteiger partial charge in [-0.3, -0.25) is 4.79 Å². The maximum atomic E-state index is 12.3. The van der Waals surface area contributed by atoms with Gasteiger partial charge in [0.2, 0.25) is 5.91 Å². The van der Waals surface area contributed by atoms with Crippen LogP contribution in [0.5, 0.6) is 0 Å². The van der Waals surface area contributed by atoms with Crippen LogP contribution >= 0.6 is 0 Å². The number of nitrogens with one attached hydrogen (secondary N) is 2. The van der Waals surface area contributed by atoms with Crippen molar-refractivity contribution >= 4 is 17.3 Å². The van der Waals surface area contributed by atoms with Gasteiger partial charge in [0.05, 0.1) is 0 Å². The third-order valence-electron chi connectivity index (χ3n) is 3.05. The molecule has 0 aliphatic carbocycles. The van der Waals surface area contributed by atoms with E-state index in [-0.39, 0.29) is 11.9 Å². The van der Waals surface area contributed by atoms with Crippen molar-refractivity contribution in [2.75, 3.05) is 10.6 Å². The Hall–Kier alpha value is -2.29. The monoisotopic (exact) mass is 268 g/mol. The molecule has 0 saturated heterocycles. The number of carbonyl (C=O) groups excluding carboxylic acids is 1. The summed E-state index contributed by atoms with van der Waals surface area (Å²) in [6.07, 6.45) is 1.75. The normalized spacial score (nSPS) is 11.7. The molecule has 0 radical (unpaired) electrons. The number of carbonyl (C=O) groups is 1. The smallest absolute Gasteiger partial charge is 0.246 e. The van der Waals surface area contributed by atoms with Crippen molar-refractivity contribution in [1.82, 2.24) is 0 Å². The second-order valence-corrected chi connectivity index (χ2v) is 4.71. The minimum atomic E-state index is -0.220. The maximum absolute atomic E-state index is 12.3. The van der Waals surface area contributed by atoms with Gasteiger partial charge in [-0.15, -0.1) is 0 Å². The van der Waals surface area contributed by atoms with Crippen molar-refractivity contribution in [3.63, 3.8) is 0 Å². The van der Waals surface area contributed by atoms with E-state index in [0.717, 1.165) is 24.2 Å². The lowest BCUT2D eigenvalue weighted by Crippen LogP contribution is -2.34. The van der Waals surface area contributed by atoms with Crippen LogP contribution in [0.3, 0.4) is 0 Å². The van der Waals surface area contributed by atoms with Gasteiger partial charge in [0.15, 0.2) is 0 Å². The van der Waals surface area contributed by atoms with Crippen LogP contribution in [0.2, 0.25) is 0 Å². The number of hydrogen-bond acceptors (Lipinski definition) is 2. The lowest BCUT2D eigenvalue weighted by Gasteiger charge is -2.19. The highest BCUT2D eigenvalue weighted by atomic mass is 16.2. The molecule has 0 heterocycles. The van der Waals surface area contributed by atoms with Crippen LogP contribution in [0.4, 0.5) is 11.4 Å². The quantitative estimate of drug-likeness (QED) is 0.834. The molecule has 0 fully saturated rings. The molecule has 0 spiro atoms. The SMILES string of the molecule is CCCC(Nc1ccccc1)C(=O)Nc1ccccc1. The van der Waals surface area contributed by atoms with E-state index in [4.69, 9.17) is 0 Å². The van der Waals surface area contributed by atoms with E-state index in [0.29, 0.717) is 0 Å². The van der Waals surface area contributed by atoms with Crippen molar-refractivity contribution in [2.24, 2.45) is 0 Å². The zero-order chi connectivity index (χ0) is 14.2. The zero-order valence-electron chi connectivity index (χ0n) is 11.7. The van der Waals surface area contributed by atoms with Crippen molar-refractivity contribution in [2.45, 2.75) is 25.8 Å². The Morgan fingerprint density at radius 1 is 0.950 bits per heavy atom. The lowest BCUT2D eigenvalue weighted by molar-refractivity contribution is -0.117. The van der Waals surface area contributed by atoms with Gasteiger partial charge in [-0.1, -0.05) is 49.7 Å². The molecule has 0 saturated carbocycles. The first-order valence-corrected chi connectivity index (χ1v) is 6.97. The summed E-state index contributed by atoms with van der Waals surface area (Å²) in [5.41, 5.74) is 1.79. The van der Waals surface area contributed by atoms with E-state index in [1.54, 1.807) is 0 Å². The van der Waals surface area contributed by atoms with Crippen molar-refractivity contribution < 1.29 is 4.79 Å². The minimum Gasteiger partial charge on any atom is -0.374 e. The van der Waals surface area contributed by atoms with E-state index in [1.165, 1.54) is 0 Å². The fraction of sp³-hybridized carbons (Fsp3) is 0.235. The molecule has 1 atom stereocenters.